The summed E-state index contributed by atoms with van der Waals surface area (Å²) in [5.41, 5.74) is 0. The summed E-state index contributed by atoms with van der Waals surface area (Å²) < 4.78 is 25.5. The molecule has 0 aromatic carbocycles. The molecular weight excluding hydrogens is 264 g/mol. The van der Waals surface area contributed by atoms with E-state index < -0.39 is 16.1 Å². The number of sulfonamides is 1. The standard InChI is InChI=1S/C13H26N2O3S/c1-3-5-6-9-14-13(16)12-8-7-10-15(12)19(17,18)11-4-2/h12H,3-11H2,1-2H3,(H,14,16). The van der Waals surface area contributed by atoms with Crippen molar-refractivity contribution in [2.45, 2.75) is 58.4 Å². The summed E-state index contributed by atoms with van der Waals surface area (Å²) >= 11 is 0. The molecule has 0 radical (unpaired) electrons. The van der Waals surface area contributed by atoms with E-state index in [4.69, 9.17) is 0 Å². The lowest BCUT2D eigenvalue weighted by Crippen LogP contribution is -2.46. The molecule has 19 heavy (non-hydrogen) atoms. The second kappa shape index (κ2) is 7.85. The molecule has 1 heterocycles. The number of amides is 1. The molecule has 1 unspecified atom stereocenters. The van der Waals surface area contributed by atoms with E-state index in [2.05, 4.69) is 12.2 Å². The van der Waals surface area contributed by atoms with Crippen molar-refractivity contribution in [1.29, 1.82) is 0 Å². The van der Waals surface area contributed by atoms with Gasteiger partial charge in [-0.3, -0.25) is 4.79 Å². The Labute approximate surface area is 116 Å². The minimum atomic E-state index is -3.27. The first-order valence-corrected chi connectivity index (χ1v) is 8.91. The Morgan fingerprint density at radius 2 is 2.00 bits per heavy atom. The van der Waals surface area contributed by atoms with Crippen molar-refractivity contribution in [1.82, 2.24) is 9.62 Å². The van der Waals surface area contributed by atoms with Gasteiger partial charge < -0.3 is 5.32 Å². The molecule has 1 amide bonds. The van der Waals surface area contributed by atoms with Crippen molar-refractivity contribution in [3.63, 3.8) is 0 Å². The summed E-state index contributed by atoms with van der Waals surface area (Å²) in [6.45, 7) is 5.07. The van der Waals surface area contributed by atoms with Crippen LogP contribution < -0.4 is 5.32 Å². The lowest BCUT2D eigenvalue weighted by atomic mass is 10.2. The summed E-state index contributed by atoms with van der Waals surface area (Å²) in [5, 5.41) is 2.86. The number of carbonyl (C=O) groups excluding carboxylic acids is 1. The average molecular weight is 290 g/mol. The smallest absolute Gasteiger partial charge is 0.238 e. The lowest BCUT2D eigenvalue weighted by Gasteiger charge is -2.23. The van der Waals surface area contributed by atoms with Gasteiger partial charge in [0.25, 0.3) is 0 Å². The van der Waals surface area contributed by atoms with Gasteiger partial charge in [0.15, 0.2) is 0 Å². The molecule has 0 aromatic rings. The lowest BCUT2D eigenvalue weighted by molar-refractivity contribution is -0.124. The number of nitrogens with zero attached hydrogens (tertiary/aromatic N) is 1. The minimum Gasteiger partial charge on any atom is -0.355 e. The zero-order valence-corrected chi connectivity index (χ0v) is 12.8. The molecule has 0 spiro atoms. The summed E-state index contributed by atoms with van der Waals surface area (Å²) in [4.78, 5) is 12.1. The van der Waals surface area contributed by atoms with Crippen LogP contribution in [0, 0.1) is 0 Å². The van der Waals surface area contributed by atoms with E-state index in [0.717, 1.165) is 25.7 Å². The Bertz CT molecular complexity index is 381. The fourth-order valence-electron chi connectivity index (χ4n) is 2.41. The van der Waals surface area contributed by atoms with Crippen LogP contribution in [0.5, 0.6) is 0 Å². The molecule has 0 aliphatic carbocycles. The molecule has 0 aromatic heterocycles. The van der Waals surface area contributed by atoms with Crippen LogP contribution in [0.4, 0.5) is 0 Å². The minimum absolute atomic E-state index is 0.131. The van der Waals surface area contributed by atoms with E-state index in [1.807, 2.05) is 6.92 Å². The van der Waals surface area contributed by atoms with Gasteiger partial charge in [-0.1, -0.05) is 26.7 Å². The molecule has 5 nitrogen and oxygen atoms in total. The Balaban J connectivity index is 2.54. The van der Waals surface area contributed by atoms with Crippen LogP contribution >= 0.6 is 0 Å². The zero-order valence-electron chi connectivity index (χ0n) is 12.0. The molecule has 0 bridgehead atoms. The van der Waals surface area contributed by atoms with Crippen LogP contribution in [0.1, 0.15) is 52.4 Å². The van der Waals surface area contributed by atoms with Crippen molar-refractivity contribution in [2.75, 3.05) is 18.8 Å². The van der Waals surface area contributed by atoms with Crippen molar-refractivity contribution in [2.24, 2.45) is 0 Å². The van der Waals surface area contributed by atoms with Gasteiger partial charge in [-0.2, -0.15) is 4.31 Å². The van der Waals surface area contributed by atoms with E-state index in [1.54, 1.807) is 0 Å². The molecule has 112 valence electrons. The van der Waals surface area contributed by atoms with E-state index in [9.17, 15) is 13.2 Å². The molecular formula is C13H26N2O3S. The summed E-state index contributed by atoms with van der Waals surface area (Å²) in [6.07, 6.45) is 5.15. The van der Waals surface area contributed by atoms with Crippen LogP contribution in [0.2, 0.25) is 0 Å². The third-order valence-corrected chi connectivity index (χ3v) is 5.48. The maximum absolute atomic E-state index is 12.1. The largest absolute Gasteiger partial charge is 0.355 e. The summed E-state index contributed by atoms with van der Waals surface area (Å²) in [5.74, 6) is 0.000341. The second-order valence-electron chi connectivity index (χ2n) is 5.08. The molecule has 1 aliphatic heterocycles. The van der Waals surface area contributed by atoms with Crippen molar-refractivity contribution in [3.8, 4) is 0 Å². The van der Waals surface area contributed by atoms with Crippen molar-refractivity contribution in [3.05, 3.63) is 0 Å². The highest BCUT2D eigenvalue weighted by Gasteiger charge is 2.37. The average Bonchev–Trinajstić information content (AvgIpc) is 2.84. The summed E-state index contributed by atoms with van der Waals surface area (Å²) in [6, 6.07) is -0.488. The van der Waals surface area contributed by atoms with Gasteiger partial charge >= 0.3 is 0 Å². The Kier molecular flexibility index (Phi) is 6.79. The van der Waals surface area contributed by atoms with E-state index in [0.29, 0.717) is 25.9 Å². The predicted octanol–water partition coefficient (Wildman–Crippen LogP) is 1.50. The van der Waals surface area contributed by atoms with E-state index in [-0.39, 0.29) is 11.7 Å². The third kappa shape index (κ3) is 4.76. The normalized spacial score (nSPS) is 20.6. The topological polar surface area (TPSA) is 66.5 Å². The first-order valence-electron chi connectivity index (χ1n) is 7.30. The second-order valence-corrected chi connectivity index (χ2v) is 7.12. The van der Waals surface area contributed by atoms with Crippen LogP contribution in [-0.2, 0) is 14.8 Å². The Hall–Kier alpha value is -0.620. The number of hydrogen-bond acceptors (Lipinski definition) is 3. The highest BCUT2D eigenvalue weighted by Crippen LogP contribution is 2.21. The molecule has 0 saturated carbocycles. The first-order chi connectivity index (χ1) is 9.03. The number of unbranched alkanes of at least 4 members (excludes halogenated alkanes) is 2. The quantitative estimate of drug-likeness (QED) is 0.689. The number of carbonyl (C=O) groups is 1. The third-order valence-electron chi connectivity index (χ3n) is 3.41. The van der Waals surface area contributed by atoms with Gasteiger partial charge in [0.05, 0.1) is 5.75 Å². The fourth-order valence-corrected chi connectivity index (χ4v) is 4.16. The van der Waals surface area contributed by atoms with Gasteiger partial charge in [-0.05, 0) is 25.7 Å². The van der Waals surface area contributed by atoms with Crippen LogP contribution in [0.15, 0.2) is 0 Å². The molecule has 1 fully saturated rings. The maximum atomic E-state index is 12.1. The molecule has 1 aliphatic rings. The van der Waals surface area contributed by atoms with Crippen LogP contribution in [0.3, 0.4) is 0 Å². The van der Waals surface area contributed by atoms with Gasteiger partial charge in [0.2, 0.25) is 15.9 Å². The molecule has 1 N–H and O–H groups in total. The van der Waals surface area contributed by atoms with Gasteiger partial charge in [-0.25, -0.2) is 8.42 Å². The first kappa shape index (κ1) is 16.4. The maximum Gasteiger partial charge on any atom is 0.238 e. The van der Waals surface area contributed by atoms with Gasteiger partial charge in [0.1, 0.15) is 6.04 Å². The number of nitrogens with one attached hydrogen (secondary N) is 1. The monoisotopic (exact) mass is 290 g/mol. The predicted molar refractivity (Wildman–Crippen MR) is 76.3 cm³/mol. The van der Waals surface area contributed by atoms with Crippen LogP contribution in [0.25, 0.3) is 0 Å². The van der Waals surface area contributed by atoms with Gasteiger partial charge in [0, 0.05) is 13.1 Å². The Morgan fingerprint density at radius 1 is 1.26 bits per heavy atom. The van der Waals surface area contributed by atoms with Gasteiger partial charge in [-0.15, -0.1) is 0 Å². The highest BCUT2D eigenvalue weighted by atomic mass is 32.2. The van der Waals surface area contributed by atoms with E-state index in [1.165, 1.54) is 4.31 Å². The molecule has 1 atom stereocenters. The molecule has 1 saturated heterocycles. The van der Waals surface area contributed by atoms with Crippen LogP contribution in [-0.4, -0.2) is 43.5 Å². The number of rotatable bonds is 8. The van der Waals surface area contributed by atoms with Crippen molar-refractivity contribution >= 4 is 15.9 Å². The van der Waals surface area contributed by atoms with Crippen molar-refractivity contribution < 1.29 is 13.2 Å². The SMILES string of the molecule is CCCCCNC(=O)C1CCCN1S(=O)(=O)CCC. The zero-order chi connectivity index (χ0) is 14.3. The fraction of sp³-hybridized carbons (Fsp3) is 0.923. The molecule has 1 rings (SSSR count). The summed E-state index contributed by atoms with van der Waals surface area (Å²) in [7, 11) is -3.27. The number of hydrogen-bond donors (Lipinski definition) is 1. The Morgan fingerprint density at radius 3 is 2.63 bits per heavy atom. The highest BCUT2D eigenvalue weighted by molar-refractivity contribution is 7.89. The molecule has 6 heteroatoms. The van der Waals surface area contributed by atoms with E-state index >= 15 is 0 Å².